The van der Waals surface area contributed by atoms with Crippen molar-refractivity contribution in [1.82, 2.24) is 0 Å². The fourth-order valence-electron chi connectivity index (χ4n) is 8.68. The second-order valence-electron chi connectivity index (χ2n) is 18.3. The van der Waals surface area contributed by atoms with Crippen LogP contribution in [0, 0.1) is 17.8 Å². The van der Waals surface area contributed by atoms with Crippen LogP contribution in [0.15, 0.2) is 77.4 Å². The fraction of sp³-hybridized carbons (Fsp3) is 0.644. The first-order chi connectivity index (χ1) is 25.9. The molecule has 1 aromatic rings. The summed E-state index contributed by atoms with van der Waals surface area (Å²) in [6, 6.07) is 8.82. The molecule has 10 heteroatoms. The maximum Gasteiger partial charge on any atom is 0.338 e. The maximum absolute atomic E-state index is 14.8. The molecule has 3 saturated heterocycles. The van der Waals surface area contributed by atoms with E-state index in [9.17, 15) is 14.7 Å². The van der Waals surface area contributed by atoms with E-state index in [1.807, 2.05) is 18.2 Å². The van der Waals surface area contributed by atoms with Crippen molar-refractivity contribution in [2.24, 2.45) is 17.8 Å². The Labute approximate surface area is 329 Å². The average molecular weight is 777 g/mol. The summed E-state index contributed by atoms with van der Waals surface area (Å²) >= 11 is 0. The Morgan fingerprint density at radius 1 is 1.09 bits per heavy atom. The number of allylic oxidation sites excluding steroid dienone is 4. The molecule has 4 aliphatic heterocycles. The van der Waals surface area contributed by atoms with E-state index in [1.165, 1.54) is 5.57 Å². The predicted molar refractivity (Wildman–Crippen MR) is 215 cm³/mol. The van der Waals surface area contributed by atoms with Gasteiger partial charge in [-0.2, -0.15) is 0 Å². The van der Waals surface area contributed by atoms with Crippen molar-refractivity contribution in [3.8, 4) is 0 Å². The van der Waals surface area contributed by atoms with Gasteiger partial charge in [0.1, 0.15) is 30.3 Å². The second-order valence-corrected chi connectivity index (χ2v) is 23.0. The van der Waals surface area contributed by atoms with Crippen LogP contribution >= 0.6 is 0 Å². The zero-order valence-electron chi connectivity index (χ0n) is 34.5. The molecule has 10 atom stereocenters. The molecular weight excluding hydrogens is 713 g/mol. The van der Waals surface area contributed by atoms with Crippen LogP contribution in [-0.2, 0) is 32.9 Å². The van der Waals surface area contributed by atoms with Crippen LogP contribution in [-0.4, -0.2) is 80.5 Å². The summed E-state index contributed by atoms with van der Waals surface area (Å²) < 4.78 is 39.6. The number of aliphatic hydroxyl groups is 1. The van der Waals surface area contributed by atoms with Gasteiger partial charge in [0.25, 0.3) is 0 Å². The summed E-state index contributed by atoms with van der Waals surface area (Å²) in [7, 11) is -2.50. The average Bonchev–Trinajstić information content (AvgIpc) is 3.47. The topological polar surface area (TPSA) is 110 Å². The van der Waals surface area contributed by atoms with Crippen molar-refractivity contribution in [3.05, 3.63) is 83.0 Å². The van der Waals surface area contributed by atoms with Gasteiger partial charge in [-0.25, -0.2) is 4.79 Å². The van der Waals surface area contributed by atoms with Crippen molar-refractivity contribution in [2.45, 2.75) is 153 Å². The summed E-state index contributed by atoms with van der Waals surface area (Å²) in [5.74, 6) is -2.41. The number of rotatable bonds is 6. The largest absolute Gasteiger partial charge is 0.462 e. The van der Waals surface area contributed by atoms with Crippen LogP contribution in [0.4, 0.5) is 0 Å². The number of benzene rings is 1. The summed E-state index contributed by atoms with van der Waals surface area (Å²) in [6.07, 6.45) is 12.6. The third-order valence-electron chi connectivity index (χ3n) is 12.9. The first kappa shape index (κ1) is 41.8. The molecule has 5 aliphatic rings. The van der Waals surface area contributed by atoms with E-state index in [-0.39, 0.29) is 36.4 Å². The molecule has 0 amide bonds. The Morgan fingerprint density at radius 3 is 2.55 bits per heavy atom. The summed E-state index contributed by atoms with van der Waals surface area (Å²) in [4.78, 5) is 28.1. The molecule has 4 heterocycles. The molecule has 0 saturated carbocycles. The highest BCUT2D eigenvalue weighted by Gasteiger charge is 2.62. The molecule has 3 fully saturated rings. The van der Waals surface area contributed by atoms with Gasteiger partial charge in [-0.3, -0.25) is 4.79 Å². The Bertz CT molecular complexity index is 1670. The van der Waals surface area contributed by atoms with Crippen molar-refractivity contribution >= 4 is 20.3 Å². The van der Waals surface area contributed by atoms with Crippen molar-refractivity contribution < 1.29 is 42.8 Å². The number of esters is 2. The number of carbonyl (C=O) groups excluding carboxylic acids is 2. The van der Waals surface area contributed by atoms with E-state index in [0.717, 1.165) is 25.7 Å². The highest BCUT2D eigenvalue weighted by Crippen LogP contribution is 2.50. The molecule has 2 bridgehead atoms. The maximum atomic E-state index is 14.8. The molecule has 0 unspecified atom stereocenters. The molecule has 1 spiro atoms. The monoisotopic (exact) mass is 776 g/mol. The molecule has 6 rings (SSSR count). The van der Waals surface area contributed by atoms with Gasteiger partial charge < -0.3 is 33.2 Å². The predicted octanol–water partition coefficient (Wildman–Crippen LogP) is 8.79. The Hall–Kier alpha value is -2.86. The van der Waals surface area contributed by atoms with Gasteiger partial charge in [-0.05, 0) is 85.9 Å². The number of fused-ring (bicyclic) bond motifs is 2. The first-order valence-electron chi connectivity index (χ1n) is 20.5. The van der Waals surface area contributed by atoms with Crippen molar-refractivity contribution in [2.75, 3.05) is 13.2 Å². The van der Waals surface area contributed by atoms with Gasteiger partial charge in [-0.15, -0.1) is 0 Å². The van der Waals surface area contributed by atoms with E-state index < -0.39 is 55.9 Å². The molecule has 55 heavy (non-hydrogen) atoms. The highest BCUT2D eigenvalue weighted by molar-refractivity contribution is 6.74. The van der Waals surface area contributed by atoms with E-state index in [2.05, 4.69) is 73.7 Å². The van der Waals surface area contributed by atoms with E-state index in [0.29, 0.717) is 41.9 Å². The van der Waals surface area contributed by atoms with Gasteiger partial charge in [0.2, 0.25) is 0 Å². The van der Waals surface area contributed by atoms with Crippen LogP contribution in [0.5, 0.6) is 0 Å². The summed E-state index contributed by atoms with van der Waals surface area (Å²) in [5, 5.41) is 12.9. The van der Waals surface area contributed by atoms with E-state index >= 15 is 0 Å². The van der Waals surface area contributed by atoms with Gasteiger partial charge in [0.15, 0.2) is 14.1 Å². The minimum absolute atomic E-state index is 0.0525. The highest BCUT2D eigenvalue weighted by atomic mass is 28.4. The molecular formula is C45H64O9Si. The van der Waals surface area contributed by atoms with Crippen LogP contribution < -0.4 is 0 Å². The van der Waals surface area contributed by atoms with Gasteiger partial charge >= 0.3 is 11.9 Å². The van der Waals surface area contributed by atoms with Gasteiger partial charge in [0, 0.05) is 19.3 Å². The molecule has 302 valence electrons. The third-order valence-corrected chi connectivity index (χ3v) is 17.4. The van der Waals surface area contributed by atoms with Crippen LogP contribution in [0.25, 0.3) is 0 Å². The Morgan fingerprint density at radius 2 is 1.84 bits per heavy atom. The third kappa shape index (κ3) is 9.00. The number of hydrogen-bond donors (Lipinski definition) is 1. The van der Waals surface area contributed by atoms with Crippen LogP contribution in [0.3, 0.4) is 0 Å². The van der Waals surface area contributed by atoms with E-state index in [4.69, 9.17) is 28.1 Å². The molecule has 1 aliphatic carbocycles. The standard InChI is InChI=1S/C45H64O9Si/c1-10-38-31(4)21-22-44(53-38)26-36-25-35(52-44)20-19-30(3)23-29(2)15-14-18-34-28-49-40-39(54-55(8,9)43(5,6)7)33(24-37(42(47)51-36)45(34,40)48)27-50-41(46)32-16-12-11-13-17-32/h11-19,24,29,31,35-40,48H,10,20-23,25-28H2,1-9H3/b15-14+,30-19+,34-18+/t29-,31-,35+,36-,37-,38+,39+,40+,44+,45+/m0/s1. The molecule has 9 nitrogen and oxygen atoms in total. The molecule has 0 aromatic heterocycles. The van der Waals surface area contributed by atoms with E-state index in [1.54, 1.807) is 30.3 Å². The number of ether oxygens (including phenoxy) is 5. The second kappa shape index (κ2) is 16.5. The SMILES string of the molecule is CC[C@H]1O[C@]2(CC[C@@H]1C)C[C@@H]1C[C@@H](C/C=C(\C)C[C@@H](C)/C=C/C=C3\CO[C@@H]4[C@H](O[Si](C)(C)C(C)(C)C)C(COC(=O)c5ccccc5)=C[C@@H](C(=O)O1)[C@]34O)O2. The lowest BCUT2D eigenvalue weighted by atomic mass is 9.70. The summed E-state index contributed by atoms with van der Waals surface area (Å²) in [6.45, 7) is 19.4. The van der Waals surface area contributed by atoms with Crippen molar-refractivity contribution in [3.63, 3.8) is 0 Å². The van der Waals surface area contributed by atoms with Crippen molar-refractivity contribution in [1.29, 1.82) is 0 Å². The minimum Gasteiger partial charge on any atom is -0.462 e. The number of hydrogen-bond acceptors (Lipinski definition) is 9. The molecule has 1 N–H and O–H groups in total. The smallest absolute Gasteiger partial charge is 0.338 e. The van der Waals surface area contributed by atoms with Crippen LogP contribution in [0.1, 0.15) is 104 Å². The number of carbonyl (C=O) groups is 2. The zero-order chi connectivity index (χ0) is 39.8. The Kier molecular flexibility index (Phi) is 12.6. The zero-order valence-corrected chi connectivity index (χ0v) is 35.5. The summed E-state index contributed by atoms with van der Waals surface area (Å²) in [5.41, 5.74) is 1.07. The fourth-order valence-corrected chi connectivity index (χ4v) is 9.95. The minimum atomic E-state index is -2.50. The lowest BCUT2D eigenvalue weighted by Crippen LogP contribution is -2.61. The lowest BCUT2D eigenvalue weighted by Gasteiger charge is -2.50. The van der Waals surface area contributed by atoms with Crippen LogP contribution in [0.2, 0.25) is 18.1 Å². The Balaban J connectivity index is 1.42. The lowest BCUT2D eigenvalue weighted by molar-refractivity contribution is -0.335. The quantitative estimate of drug-likeness (QED) is 0.172. The van der Waals surface area contributed by atoms with Gasteiger partial charge in [0.05, 0.1) is 30.5 Å². The first-order valence-corrected chi connectivity index (χ1v) is 23.4. The normalized spacial score (nSPS) is 38.4. The molecule has 1 aromatic carbocycles. The molecule has 0 radical (unpaired) electrons. The van der Waals surface area contributed by atoms with Gasteiger partial charge in [-0.1, -0.05) is 95.7 Å².